The average molecular weight is 641 g/mol. The van der Waals surface area contributed by atoms with Gasteiger partial charge in [0.1, 0.15) is 71.3 Å². The molecule has 17 heteroatoms. The lowest BCUT2D eigenvalue weighted by Gasteiger charge is -2.42. The van der Waals surface area contributed by atoms with Gasteiger partial charge in [-0.15, -0.1) is 0 Å². The van der Waals surface area contributed by atoms with Gasteiger partial charge in [-0.1, -0.05) is 0 Å². The maximum Gasteiger partial charge on any atom is 0.239 e. The molecule has 0 spiro atoms. The molecule has 2 aliphatic heterocycles. The summed E-state index contributed by atoms with van der Waals surface area (Å²) in [5.41, 5.74) is -1.17. The minimum Gasteiger partial charge on any atom is -0.508 e. The van der Waals surface area contributed by atoms with Crippen molar-refractivity contribution in [3.8, 4) is 40.1 Å². The van der Waals surface area contributed by atoms with Gasteiger partial charge in [0.25, 0.3) is 0 Å². The molecule has 0 unspecified atom stereocenters. The van der Waals surface area contributed by atoms with Crippen LogP contribution in [0.3, 0.4) is 0 Å². The lowest BCUT2D eigenvalue weighted by atomic mass is 9.98. The fourth-order valence-electron chi connectivity index (χ4n) is 5.05. The molecule has 10 N–H and O–H groups in total. The van der Waals surface area contributed by atoms with Crippen molar-refractivity contribution < 1.29 is 79.2 Å². The predicted octanol–water partition coefficient (Wildman–Crippen LogP) is -2.41. The van der Waals surface area contributed by atoms with Crippen molar-refractivity contribution in [2.24, 2.45) is 0 Å². The molecule has 2 aromatic carbocycles. The number of phenolic OH excluding ortho intramolecular Hbond substituents is 3. The Labute approximate surface area is 252 Å². The normalized spacial score (nSPS) is 32.0. The zero-order valence-corrected chi connectivity index (χ0v) is 23.4. The van der Waals surface area contributed by atoms with E-state index >= 15 is 0 Å². The van der Waals surface area contributed by atoms with Crippen LogP contribution in [0.1, 0.15) is 0 Å². The van der Waals surface area contributed by atoms with Gasteiger partial charge in [0, 0.05) is 17.7 Å². The van der Waals surface area contributed by atoms with Crippen LogP contribution in [-0.4, -0.2) is 133 Å². The number of benzene rings is 2. The van der Waals surface area contributed by atoms with Crippen LogP contribution in [0.2, 0.25) is 0 Å². The first-order valence-corrected chi connectivity index (χ1v) is 13.5. The van der Waals surface area contributed by atoms with Crippen molar-refractivity contribution in [3.05, 3.63) is 40.6 Å². The van der Waals surface area contributed by atoms with Crippen LogP contribution < -0.4 is 14.9 Å². The van der Waals surface area contributed by atoms with Crippen LogP contribution in [0.4, 0.5) is 0 Å². The third kappa shape index (κ3) is 6.10. The fraction of sp³-hybridized carbons (Fsp3) is 0.464. The summed E-state index contributed by atoms with van der Waals surface area (Å²) >= 11 is 0. The fourth-order valence-corrected chi connectivity index (χ4v) is 5.05. The molecular formula is C28H32O17. The number of aliphatic hydroxyl groups is 7. The van der Waals surface area contributed by atoms with Crippen molar-refractivity contribution >= 4 is 11.0 Å². The second-order valence-corrected chi connectivity index (χ2v) is 10.5. The summed E-state index contributed by atoms with van der Waals surface area (Å²) < 4.78 is 33.0. The number of ether oxygens (including phenoxy) is 5. The van der Waals surface area contributed by atoms with Crippen molar-refractivity contribution in [1.82, 2.24) is 0 Å². The molecule has 45 heavy (non-hydrogen) atoms. The number of aliphatic hydroxyl groups excluding tert-OH is 7. The molecule has 17 nitrogen and oxygen atoms in total. The minimum absolute atomic E-state index is 0.0298. The smallest absolute Gasteiger partial charge is 0.239 e. The van der Waals surface area contributed by atoms with Gasteiger partial charge >= 0.3 is 0 Å². The summed E-state index contributed by atoms with van der Waals surface area (Å²) in [6.07, 6.45) is -17.3. The monoisotopic (exact) mass is 640 g/mol. The largest absolute Gasteiger partial charge is 0.508 e. The molecule has 246 valence electrons. The highest BCUT2D eigenvalue weighted by atomic mass is 16.7. The zero-order valence-electron chi connectivity index (χ0n) is 23.4. The number of hydrogen-bond acceptors (Lipinski definition) is 17. The van der Waals surface area contributed by atoms with E-state index in [1.807, 2.05) is 0 Å². The van der Waals surface area contributed by atoms with Gasteiger partial charge in [0.15, 0.2) is 23.5 Å². The third-order valence-corrected chi connectivity index (χ3v) is 7.54. The second-order valence-electron chi connectivity index (χ2n) is 10.5. The molecular weight excluding hydrogens is 608 g/mol. The van der Waals surface area contributed by atoms with Crippen LogP contribution in [0.5, 0.6) is 28.7 Å². The quantitative estimate of drug-likeness (QED) is 0.123. The Morgan fingerprint density at radius 2 is 1.42 bits per heavy atom. The van der Waals surface area contributed by atoms with E-state index in [4.69, 9.17) is 28.1 Å². The van der Waals surface area contributed by atoms with Crippen LogP contribution in [0.15, 0.2) is 39.5 Å². The zero-order chi connectivity index (χ0) is 32.7. The Morgan fingerprint density at radius 1 is 0.778 bits per heavy atom. The number of phenols is 3. The summed E-state index contributed by atoms with van der Waals surface area (Å²) in [5, 5.41) is 102. The average Bonchev–Trinajstić information content (AvgIpc) is 3.01. The number of hydrogen-bond donors (Lipinski definition) is 10. The summed E-state index contributed by atoms with van der Waals surface area (Å²) in [7, 11) is 1.27. The van der Waals surface area contributed by atoms with E-state index in [0.29, 0.717) is 0 Å². The summed E-state index contributed by atoms with van der Waals surface area (Å²) in [6, 6.07) is 5.76. The van der Waals surface area contributed by atoms with Crippen LogP contribution in [0.25, 0.3) is 22.3 Å². The van der Waals surface area contributed by atoms with Gasteiger partial charge in [0.2, 0.25) is 17.5 Å². The van der Waals surface area contributed by atoms with Gasteiger partial charge < -0.3 is 79.2 Å². The Bertz CT molecular complexity index is 1570. The molecule has 1 aromatic heterocycles. The molecule has 2 fully saturated rings. The Kier molecular flexibility index (Phi) is 9.38. The van der Waals surface area contributed by atoms with Gasteiger partial charge in [-0.25, -0.2) is 0 Å². The molecule has 0 radical (unpaired) electrons. The van der Waals surface area contributed by atoms with E-state index < -0.39 is 103 Å². The highest BCUT2D eigenvalue weighted by Gasteiger charge is 2.48. The van der Waals surface area contributed by atoms with E-state index in [1.54, 1.807) is 0 Å². The van der Waals surface area contributed by atoms with Crippen molar-refractivity contribution in [1.29, 1.82) is 0 Å². The molecule has 3 heterocycles. The first-order chi connectivity index (χ1) is 21.4. The van der Waals surface area contributed by atoms with E-state index in [-0.39, 0.29) is 28.4 Å². The molecule has 2 saturated heterocycles. The maximum absolute atomic E-state index is 13.7. The van der Waals surface area contributed by atoms with Crippen LogP contribution in [0, 0.1) is 0 Å². The van der Waals surface area contributed by atoms with Crippen LogP contribution >= 0.6 is 0 Å². The van der Waals surface area contributed by atoms with E-state index in [2.05, 4.69) is 0 Å². The first kappa shape index (κ1) is 32.6. The number of aromatic hydroxyl groups is 3. The van der Waals surface area contributed by atoms with Crippen LogP contribution in [-0.2, 0) is 14.2 Å². The van der Waals surface area contributed by atoms with Crippen molar-refractivity contribution in [3.63, 3.8) is 0 Å². The molecule has 0 bridgehead atoms. The van der Waals surface area contributed by atoms with Gasteiger partial charge in [0.05, 0.1) is 20.3 Å². The van der Waals surface area contributed by atoms with Gasteiger partial charge in [-0.2, -0.15) is 0 Å². The molecule has 2 aliphatic rings. The van der Waals surface area contributed by atoms with Crippen molar-refractivity contribution in [2.75, 3.05) is 20.3 Å². The van der Waals surface area contributed by atoms with Gasteiger partial charge in [-0.05, 0) is 18.2 Å². The van der Waals surface area contributed by atoms with E-state index in [0.717, 1.165) is 12.1 Å². The standard InChI is InChI=1S/C28H32O17/c1-40-13-4-9(2-3-11(13)31)25-26(20(35)17-12(32)5-10(30)6-14(17)42-25)45-28-24(39)22(37)19(34)16(44-28)8-41-27-23(38)21(36)18(33)15(7-29)43-27/h2-6,15-16,18-19,21-24,27-34,36-39H,7-8H2,1H3/t15-,16-,18-,19+,21+,22+,23-,24+,27-,28+/m1/s1. The number of fused-ring (bicyclic) bond motifs is 1. The molecule has 0 amide bonds. The lowest BCUT2D eigenvalue weighted by Crippen LogP contribution is -2.62. The second kappa shape index (κ2) is 12.9. The minimum atomic E-state index is -1.98. The van der Waals surface area contributed by atoms with E-state index in [9.17, 15) is 55.9 Å². The first-order valence-electron chi connectivity index (χ1n) is 13.5. The summed E-state index contributed by atoms with van der Waals surface area (Å²) in [4.78, 5) is 13.7. The Morgan fingerprint density at radius 3 is 2.09 bits per heavy atom. The molecule has 0 saturated carbocycles. The highest BCUT2D eigenvalue weighted by Crippen LogP contribution is 2.39. The lowest BCUT2D eigenvalue weighted by molar-refractivity contribution is -0.323. The molecule has 5 rings (SSSR count). The highest BCUT2D eigenvalue weighted by molar-refractivity contribution is 5.88. The Balaban J connectivity index is 1.48. The summed E-state index contributed by atoms with van der Waals surface area (Å²) in [6.45, 7) is -1.39. The van der Waals surface area contributed by atoms with Gasteiger partial charge in [-0.3, -0.25) is 4.79 Å². The third-order valence-electron chi connectivity index (χ3n) is 7.54. The SMILES string of the molecule is COc1cc(-c2oc3cc(O)cc(O)c3c(=O)c2O[C@@H]2O[C@H](CO[C@@H]3O[C@H](CO)[C@@H](O)[C@H](O)[C@H]3O)[C@H](O)[C@H](O)[C@@H]2O)ccc1O. The number of methoxy groups -OCH3 is 1. The molecule has 10 atom stereocenters. The number of rotatable bonds is 8. The Hall–Kier alpha value is -3.75. The van der Waals surface area contributed by atoms with Crippen molar-refractivity contribution in [2.45, 2.75) is 61.4 Å². The summed E-state index contributed by atoms with van der Waals surface area (Å²) in [5.74, 6) is -2.38. The van der Waals surface area contributed by atoms with E-state index in [1.165, 1.54) is 25.3 Å². The topological polar surface area (TPSA) is 279 Å². The predicted molar refractivity (Wildman–Crippen MR) is 146 cm³/mol. The molecule has 0 aliphatic carbocycles. The maximum atomic E-state index is 13.7. The molecule has 3 aromatic rings.